The molecule has 64 valence electrons. The second-order valence-electron chi connectivity index (χ2n) is 3.11. The Balaban J connectivity index is 2.34. The molecule has 0 aromatic heterocycles. The number of phenols is 1. The van der Waals surface area contributed by atoms with Gasteiger partial charge in [0.2, 0.25) is 0 Å². The number of aromatic hydroxyl groups is 1. The average Bonchev–Trinajstić information content (AvgIpc) is 1.93. The highest BCUT2D eigenvalue weighted by molar-refractivity contribution is 5.48. The molecule has 2 rings (SSSR count). The maximum absolute atomic E-state index is 9.47. The molecule has 0 radical (unpaired) electrons. The van der Waals surface area contributed by atoms with Gasteiger partial charge in [0.1, 0.15) is 5.75 Å². The molecule has 4 N–H and O–H groups in total. The SMILES string of the molecule is Nc1ccc(O)c(C2CCN2)c1. The van der Waals surface area contributed by atoms with E-state index in [1.807, 2.05) is 6.07 Å². The van der Waals surface area contributed by atoms with Gasteiger partial charge in [0.15, 0.2) is 0 Å². The van der Waals surface area contributed by atoms with E-state index in [9.17, 15) is 5.11 Å². The molecule has 3 heteroatoms. The quantitative estimate of drug-likeness (QED) is 0.429. The Morgan fingerprint density at radius 1 is 1.50 bits per heavy atom. The number of nitrogens with one attached hydrogen (secondary N) is 1. The van der Waals surface area contributed by atoms with Crippen molar-refractivity contribution in [1.29, 1.82) is 0 Å². The Hall–Kier alpha value is -1.22. The minimum atomic E-state index is 0.300. The van der Waals surface area contributed by atoms with Crippen LogP contribution >= 0.6 is 0 Å². The first-order valence-corrected chi connectivity index (χ1v) is 4.09. The monoisotopic (exact) mass is 164 g/mol. The maximum atomic E-state index is 9.47. The van der Waals surface area contributed by atoms with Gasteiger partial charge in [-0.15, -0.1) is 0 Å². The van der Waals surface area contributed by atoms with Gasteiger partial charge in [0, 0.05) is 17.3 Å². The van der Waals surface area contributed by atoms with E-state index in [0.29, 0.717) is 17.5 Å². The molecule has 12 heavy (non-hydrogen) atoms. The number of phenolic OH excluding ortho intramolecular Hbond substituents is 1. The first-order chi connectivity index (χ1) is 5.77. The van der Waals surface area contributed by atoms with Gasteiger partial charge in [-0.25, -0.2) is 0 Å². The first kappa shape index (κ1) is 7.43. The zero-order chi connectivity index (χ0) is 8.55. The number of hydrogen-bond donors (Lipinski definition) is 3. The number of rotatable bonds is 1. The lowest BCUT2D eigenvalue weighted by Gasteiger charge is -2.28. The number of nitrogen functional groups attached to an aromatic ring is 1. The van der Waals surface area contributed by atoms with E-state index in [0.717, 1.165) is 18.5 Å². The molecule has 0 bridgehead atoms. The van der Waals surface area contributed by atoms with E-state index in [2.05, 4.69) is 5.32 Å². The third kappa shape index (κ3) is 1.12. The van der Waals surface area contributed by atoms with Crippen LogP contribution in [-0.4, -0.2) is 11.7 Å². The highest BCUT2D eigenvalue weighted by atomic mass is 16.3. The lowest BCUT2D eigenvalue weighted by Crippen LogP contribution is -2.34. The van der Waals surface area contributed by atoms with E-state index >= 15 is 0 Å². The Kier molecular flexibility index (Phi) is 1.66. The van der Waals surface area contributed by atoms with Crippen molar-refractivity contribution in [3.63, 3.8) is 0 Å². The summed E-state index contributed by atoms with van der Waals surface area (Å²) in [5.41, 5.74) is 7.23. The number of benzene rings is 1. The van der Waals surface area contributed by atoms with E-state index in [4.69, 9.17) is 5.73 Å². The maximum Gasteiger partial charge on any atom is 0.120 e. The highest BCUT2D eigenvalue weighted by Crippen LogP contribution is 2.31. The fraction of sp³-hybridized carbons (Fsp3) is 0.333. The molecule has 1 heterocycles. The zero-order valence-corrected chi connectivity index (χ0v) is 6.75. The fourth-order valence-corrected chi connectivity index (χ4v) is 1.41. The van der Waals surface area contributed by atoms with Crippen LogP contribution in [0.15, 0.2) is 18.2 Å². The Bertz CT molecular complexity index is 295. The van der Waals surface area contributed by atoms with Crippen LogP contribution in [0.2, 0.25) is 0 Å². The molecular weight excluding hydrogens is 152 g/mol. The van der Waals surface area contributed by atoms with E-state index in [1.165, 1.54) is 0 Å². The third-order valence-corrected chi connectivity index (χ3v) is 2.25. The van der Waals surface area contributed by atoms with E-state index in [-0.39, 0.29) is 0 Å². The lowest BCUT2D eigenvalue weighted by molar-refractivity contribution is 0.365. The summed E-state index contributed by atoms with van der Waals surface area (Å²) in [5.74, 6) is 0.335. The molecule has 0 spiro atoms. The molecule has 1 aromatic carbocycles. The van der Waals surface area contributed by atoms with Crippen molar-refractivity contribution in [1.82, 2.24) is 5.32 Å². The third-order valence-electron chi connectivity index (χ3n) is 2.25. The lowest BCUT2D eigenvalue weighted by atomic mass is 9.97. The minimum Gasteiger partial charge on any atom is -0.508 e. The molecule has 1 saturated heterocycles. The number of hydrogen-bond acceptors (Lipinski definition) is 3. The van der Waals surface area contributed by atoms with E-state index in [1.54, 1.807) is 12.1 Å². The van der Waals surface area contributed by atoms with Crippen LogP contribution < -0.4 is 11.1 Å². The molecule has 1 aliphatic heterocycles. The summed E-state index contributed by atoms with van der Waals surface area (Å²) in [6.07, 6.45) is 1.08. The highest BCUT2D eigenvalue weighted by Gasteiger charge is 2.21. The van der Waals surface area contributed by atoms with Crippen molar-refractivity contribution in [2.75, 3.05) is 12.3 Å². The summed E-state index contributed by atoms with van der Waals surface area (Å²) < 4.78 is 0. The summed E-state index contributed by atoms with van der Waals surface area (Å²) in [6, 6.07) is 5.47. The average molecular weight is 164 g/mol. The summed E-state index contributed by atoms with van der Waals surface area (Å²) in [5, 5.41) is 12.7. The van der Waals surface area contributed by atoms with Crippen LogP contribution in [-0.2, 0) is 0 Å². The summed E-state index contributed by atoms with van der Waals surface area (Å²) >= 11 is 0. The normalized spacial score (nSPS) is 21.8. The van der Waals surface area contributed by atoms with Crippen molar-refractivity contribution < 1.29 is 5.11 Å². The number of anilines is 1. The van der Waals surface area contributed by atoms with Crippen LogP contribution in [0.1, 0.15) is 18.0 Å². The molecule has 1 aromatic rings. The van der Waals surface area contributed by atoms with Gasteiger partial charge < -0.3 is 16.2 Å². The largest absolute Gasteiger partial charge is 0.508 e. The van der Waals surface area contributed by atoms with Crippen LogP contribution in [0.3, 0.4) is 0 Å². The second-order valence-corrected chi connectivity index (χ2v) is 3.11. The number of nitrogens with two attached hydrogens (primary N) is 1. The van der Waals surface area contributed by atoms with Gasteiger partial charge in [0.25, 0.3) is 0 Å². The Morgan fingerprint density at radius 2 is 2.25 bits per heavy atom. The van der Waals surface area contributed by atoms with Crippen molar-refractivity contribution in [3.8, 4) is 5.75 Å². The predicted octanol–water partition coefficient (Wildman–Crippen LogP) is 1.01. The van der Waals surface area contributed by atoms with Crippen LogP contribution in [0.4, 0.5) is 5.69 Å². The smallest absolute Gasteiger partial charge is 0.120 e. The molecule has 1 fully saturated rings. The van der Waals surface area contributed by atoms with Gasteiger partial charge in [-0.05, 0) is 31.2 Å². The topological polar surface area (TPSA) is 58.3 Å². The van der Waals surface area contributed by atoms with Crippen molar-refractivity contribution in [3.05, 3.63) is 23.8 Å². The predicted molar refractivity (Wildman–Crippen MR) is 47.9 cm³/mol. The van der Waals surface area contributed by atoms with Crippen LogP contribution in [0.25, 0.3) is 0 Å². The molecule has 0 aliphatic carbocycles. The van der Waals surface area contributed by atoms with Crippen molar-refractivity contribution in [2.45, 2.75) is 12.5 Å². The standard InChI is InChI=1S/C9H12N2O/c10-6-1-2-9(12)7(5-6)8-3-4-11-8/h1-2,5,8,11-12H,3-4,10H2. The Morgan fingerprint density at radius 3 is 2.83 bits per heavy atom. The fourth-order valence-electron chi connectivity index (χ4n) is 1.41. The summed E-state index contributed by atoms with van der Waals surface area (Å²) in [4.78, 5) is 0. The van der Waals surface area contributed by atoms with Gasteiger partial charge >= 0.3 is 0 Å². The van der Waals surface area contributed by atoms with Gasteiger partial charge in [0.05, 0.1) is 0 Å². The van der Waals surface area contributed by atoms with Crippen molar-refractivity contribution in [2.24, 2.45) is 0 Å². The molecule has 1 unspecified atom stereocenters. The molecule has 0 amide bonds. The van der Waals surface area contributed by atoms with Gasteiger partial charge in [-0.1, -0.05) is 0 Å². The zero-order valence-electron chi connectivity index (χ0n) is 6.75. The molecule has 3 nitrogen and oxygen atoms in total. The first-order valence-electron chi connectivity index (χ1n) is 4.09. The molecule has 1 atom stereocenters. The molecule has 0 saturated carbocycles. The second kappa shape index (κ2) is 2.68. The summed E-state index contributed by atoms with van der Waals surface area (Å²) in [6.45, 7) is 1.03. The van der Waals surface area contributed by atoms with E-state index < -0.39 is 0 Å². The van der Waals surface area contributed by atoms with Crippen LogP contribution in [0, 0.1) is 0 Å². The van der Waals surface area contributed by atoms with Gasteiger partial charge in [-0.2, -0.15) is 0 Å². The Labute approximate surface area is 71.2 Å². The molecular formula is C9H12N2O. The summed E-state index contributed by atoms with van der Waals surface area (Å²) in [7, 11) is 0. The minimum absolute atomic E-state index is 0.300. The molecule has 1 aliphatic rings. The van der Waals surface area contributed by atoms with Crippen LogP contribution in [0.5, 0.6) is 5.75 Å². The van der Waals surface area contributed by atoms with Gasteiger partial charge in [-0.3, -0.25) is 0 Å². The van der Waals surface area contributed by atoms with Crippen molar-refractivity contribution >= 4 is 5.69 Å².